The molecule has 0 aromatic carbocycles. The molecule has 3 heterocycles. The number of carbonyl (C=O) groups is 2. The van der Waals surface area contributed by atoms with Gasteiger partial charge in [-0.05, 0) is 25.5 Å². The number of aryl methyl sites for hydroxylation is 1. The number of furan rings is 1. The van der Waals surface area contributed by atoms with Crippen molar-refractivity contribution in [3.63, 3.8) is 0 Å². The maximum absolute atomic E-state index is 12.0. The quantitative estimate of drug-likeness (QED) is 0.898. The molecule has 6 nitrogen and oxygen atoms in total. The molecule has 2 amide bonds. The van der Waals surface area contributed by atoms with Crippen LogP contribution in [0.25, 0.3) is 10.8 Å². The fourth-order valence-corrected chi connectivity index (χ4v) is 3.17. The summed E-state index contributed by atoms with van der Waals surface area (Å²) in [6.45, 7) is 2.32. The summed E-state index contributed by atoms with van der Waals surface area (Å²) in [5.41, 5.74) is 0.877. The Morgan fingerprint density at radius 1 is 1.62 bits per heavy atom. The van der Waals surface area contributed by atoms with Gasteiger partial charge in [0.15, 0.2) is 10.8 Å². The number of hydrogen-bond acceptors (Lipinski definition) is 5. The second-order valence-corrected chi connectivity index (χ2v) is 5.97. The maximum atomic E-state index is 12.0. The summed E-state index contributed by atoms with van der Waals surface area (Å²) in [5, 5.41) is 6.30. The maximum Gasteiger partial charge on any atom is 0.242 e. The Hall–Kier alpha value is -2.15. The summed E-state index contributed by atoms with van der Waals surface area (Å²) in [5.74, 6) is 0.515. The van der Waals surface area contributed by atoms with E-state index in [1.54, 1.807) is 6.26 Å². The molecule has 1 aliphatic rings. The number of aromatic nitrogens is 1. The summed E-state index contributed by atoms with van der Waals surface area (Å²) < 4.78 is 5.32. The number of rotatable bonds is 4. The Morgan fingerprint density at radius 3 is 3.14 bits per heavy atom. The van der Waals surface area contributed by atoms with Gasteiger partial charge in [0.1, 0.15) is 6.04 Å². The van der Waals surface area contributed by atoms with Gasteiger partial charge in [0.2, 0.25) is 11.8 Å². The lowest BCUT2D eigenvalue weighted by molar-refractivity contribution is -0.125. The van der Waals surface area contributed by atoms with E-state index in [1.807, 2.05) is 19.1 Å². The van der Waals surface area contributed by atoms with E-state index < -0.39 is 6.04 Å². The first-order valence-corrected chi connectivity index (χ1v) is 7.52. The molecule has 21 heavy (non-hydrogen) atoms. The van der Waals surface area contributed by atoms with Crippen LogP contribution in [0, 0.1) is 6.92 Å². The molecule has 0 saturated carbocycles. The van der Waals surface area contributed by atoms with E-state index in [-0.39, 0.29) is 11.8 Å². The third-order valence-corrected chi connectivity index (χ3v) is 4.53. The molecule has 0 radical (unpaired) electrons. The third-order valence-electron chi connectivity index (χ3n) is 3.36. The minimum absolute atomic E-state index is 0.0655. The lowest BCUT2D eigenvalue weighted by Gasteiger charge is -2.10. The second kappa shape index (κ2) is 5.69. The van der Waals surface area contributed by atoms with Crippen molar-refractivity contribution in [3.05, 3.63) is 29.0 Å². The highest BCUT2D eigenvalue weighted by atomic mass is 32.1. The van der Waals surface area contributed by atoms with Crippen LogP contribution in [0.3, 0.4) is 0 Å². The van der Waals surface area contributed by atoms with Gasteiger partial charge in [-0.1, -0.05) is 0 Å². The normalized spacial score (nSPS) is 17.8. The molecule has 7 heteroatoms. The van der Waals surface area contributed by atoms with Gasteiger partial charge < -0.3 is 15.1 Å². The van der Waals surface area contributed by atoms with E-state index in [4.69, 9.17) is 4.42 Å². The van der Waals surface area contributed by atoms with Gasteiger partial charge in [0, 0.05) is 11.3 Å². The zero-order chi connectivity index (χ0) is 14.8. The monoisotopic (exact) mass is 305 g/mol. The van der Waals surface area contributed by atoms with Crippen LogP contribution in [-0.2, 0) is 16.1 Å². The number of nitrogens with zero attached hydrogens (tertiary/aromatic N) is 1. The van der Waals surface area contributed by atoms with Crippen molar-refractivity contribution < 1.29 is 14.0 Å². The van der Waals surface area contributed by atoms with Crippen LogP contribution in [0.2, 0.25) is 0 Å². The van der Waals surface area contributed by atoms with E-state index in [1.165, 1.54) is 11.3 Å². The first-order chi connectivity index (χ1) is 10.1. The van der Waals surface area contributed by atoms with E-state index >= 15 is 0 Å². The molecule has 0 aliphatic carbocycles. The Morgan fingerprint density at radius 2 is 2.48 bits per heavy atom. The number of hydrogen-bond donors (Lipinski definition) is 2. The van der Waals surface area contributed by atoms with Gasteiger partial charge in [-0.25, -0.2) is 4.98 Å². The predicted molar refractivity (Wildman–Crippen MR) is 77.6 cm³/mol. The SMILES string of the molecule is Cc1nc(-c2ccco2)sc1CNC(=O)C1CCC(=O)N1. The van der Waals surface area contributed by atoms with Crippen molar-refractivity contribution in [3.8, 4) is 10.8 Å². The average Bonchev–Trinajstić information content (AvgIpc) is 3.16. The summed E-state index contributed by atoms with van der Waals surface area (Å²) in [4.78, 5) is 28.5. The van der Waals surface area contributed by atoms with Crippen molar-refractivity contribution in [1.29, 1.82) is 0 Å². The smallest absolute Gasteiger partial charge is 0.242 e. The molecule has 1 aliphatic heterocycles. The molecule has 1 atom stereocenters. The first kappa shape index (κ1) is 13.8. The van der Waals surface area contributed by atoms with Crippen LogP contribution in [-0.4, -0.2) is 22.8 Å². The highest BCUT2D eigenvalue weighted by molar-refractivity contribution is 7.15. The Balaban J connectivity index is 1.63. The first-order valence-electron chi connectivity index (χ1n) is 6.71. The molecule has 2 aromatic heterocycles. The fourth-order valence-electron chi connectivity index (χ4n) is 2.20. The highest BCUT2D eigenvalue weighted by Crippen LogP contribution is 2.28. The summed E-state index contributed by atoms with van der Waals surface area (Å²) >= 11 is 1.50. The molecule has 3 rings (SSSR count). The van der Waals surface area contributed by atoms with Crippen LogP contribution in [0.1, 0.15) is 23.4 Å². The van der Waals surface area contributed by atoms with Gasteiger partial charge in [-0.3, -0.25) is 9.59 Å². The topological polar surface area (TPSA) is 84.2 Å². The minimum Gasteiger partial charge on any atom is -0.462 e. The molecule has 0 bridgehead atoms. The van der Waals surface area contributed by atoms with Gasteiger partial charge in [0.25, 0.3) is 0 Å². The largest absolute Gasteiger partial charge is 0.462 e. The van der Waals surface area contributed by atoms with E-state index in [2.05, 4.69) is 15.6 Å². The Bertz CT molecular complexity index is 663. The number of nitrogens with one attached hydrogen (secondary N) is 2. The van der Waals surface area contributed by atoms with Crippen molar-refractivity contribution in [2.75, 3.05) is 0 Å². The molecular weight excluding hydrogens is 290 g/mol. The molecule has 1 saturated heterocycles. The van der Waals surface area contributed by atoms with E-state index in [0.717, 1.165) is 21.3 Å². The molecular formula is C14H15N3O3S. The molecule has 1 unspecified atom stereocenters. The minimum atomic E-state index is -0.407. The zero-order valence-corrected chi connectivity index (χ0v) is 12.3. The van der Waals surface area contributed by atoms with Crippen molar-refractivity contribution in [2.45, 2.75) is 32.4 Å². The second-order valence-electron chi connectivity index (χ2n) is 4.88. The van der Waals surface area contributed by atoms with Crippen LogP contribution in [0.15, 0.2) is 22.8 Å². The Kier molecular flexibility index (Phi) is 3.74. The van der Waals surface area contributed by atoms with Gasteiger partial charge in [-0.2, -0.15) is 0 Å². The standard InChI is InChI=1S/C14H15N3O3S/c1-8-11(21-14(16-8)10-3-2-6-20-10)7-15-13(19)9-4-5-12(18)17-9/h2-3,6,9H,4-5,7H2,1H3,(H,15,19)(H,17,18). The molecule has 0 spiro atoms. The van der Waals surface area contributed by atoms with Crippen LogP contribution in [0.5, 0.6) is 0 Å². The lowest BCUT2D eigenvalue weighted by atomic mass is 10.2. The zero-order valence-electron chi connectivity index (χ0n) is 11.5. The van der Waals surface area contributed by atoms with Gasteiger partial charge in [0.05, 0.1) is 18.5 Å². The molecule has 2 N–H and O–H groups in total. The molecule has 1 fully saturated rings. The molecule has 110 valence electrons. The summed E-state index contributed by atoms with van der Waals surface area (Å²) in [6, 6.07) is 3.26. The van der Waals surface area contributed by atoms with Crippen molar-refractivity contribution in [2.24, 2.45) is 0 Å². The van der Waals surface area contributed by atoms with E-state index in [9.17, 15) is 9.59 Å². The van der Waals surface area contributed by atoms with Crippen molar-refractivity contribution >= 4 is 23.2 Å². The van der Waals surface area contributed by atoms with Crippen LogP contribution < -0.4 is 10.6 Å². The predicted octanol–water partition coefficient (Wildman–Crippen LogP) is 1.61. The van der Waals surface area contributed by atoms with Crippen LogP contribution in [0.4, 0.5) is 0 Å². The number of carbonyl (C=O) groups excluding carboxylic acids is 2. The lowest BCUT2D eigenvalue weighted by Crippen LogP contribution is -2.41. The summed E-state index contributed by atoms with van der Waals surface area (Å²) in [6.07, 6.45) is 2.58. The number of amides is 2. The fraction of sp³-hybridized carbons (Fsp3) is 0.357. The third kappa shape index (κ3) is 2.97. The summed E-state index contributed by atoms with van der Waals surface area (Å²) in [7, 11) is 0. The Labute approximate surface area is 125 Å². The van der Waals surface area contributed by atoms with Gasteiger partial charge >= 0.3 is 0 Å². The molecule has 2 aromatic rings. The average molecular weight is 305 g/mol. The van der Waals surface area contributed by atoms with Gasteiger partial charge in [-0.15, -0.1) is 11.3 Å². The number of thiazole rings is 1. The van der Waals surface area contributed by atoms with Crippen molar-refractivity contribution in [1.82, 2.24) is 15.6 Å². The van der Waals surface area contributed by atoms with E-state index in [0.29, 0.717) is 19.4 Å². The highest BCUT2D eigenvalue weighted by Gasteiger charge is 2.27. The van der Waals surface area contributed by atoms with Crippen LogP contribution >= 0.6 is 11.3 Å².